The van der Waals surface area contributed by atoms with Crippen LogP contribution in [0.15, 0.2) is 66.7 Å². The molecule has 0 unspecified atom stereocenters. The second-order valence-corrected chi connectivity index (χ2v) is 9.42. The highest BCUT2D eigenvalue weighted by Crippen LogP contribution is 2.33. The predicted molar refractivity (Wildman–Crippen MR) is 134 cm³/mol. The molecule has 0 spiro atoms. The van der Waals surface area contributed by atoms with Gasteiger partial charge in [0.2, 0.25) is 0 Å². The number of rotatable bonds is 5. The molecule has 33 heavy (non-hydrogen) atoms. The first-order chi connectivity index (χ1) is 16.0. The second-order valence-electron chi connectivity index (χ2n) is 8.55. The van der Waals surface area contributed by atoms with E-state index < -0.39 is 6.10 Å². The Hall–Kier alpha value is -2.57. The van der Waals surface area contributed by atoms with Gasteiger partial charge in [-0.05, 0) is 48.5 Å². The van der Waals surface area contributed by atoms with E-state index in [1.54, 1.807) is 0 Å². The van der Waals surface area contributed by atoms with Gasteiger partial charge in [0.1, 0.15) is 0 Å². The Kier molecular flexibility index (Phi) is 6.30. The molecule has 170 valence electrons. The largest absolute Gasteiger partial charge is 0.390 e. The van der Waals surface area contributed by atoms with E-state index in [1.807, 2.05) is 71.6 Å². The Labute approximate surface area is 202 Å². The highest BCUT2D eigenvalue weighted by molar-refractivity contribution is 6.33. The number of fused-ring (bicyclic) bond motifs is 3. The standard InChI is InChI=1S/C26H25Cl2N3O2/c27-19-6-8-24-22(14-19)23-15-20(28)7-9-25(23)31(24)17-21(32)16-29-10-12-30(13-11-29)26(33)18-4-2-1-3-5-18/h1-9,14-15,21,32H,10-13,16-17H2/t21-/m0/s1. The zero-order valence-corrected chi connectivity index (χ0v) is 19.6. The first kappa shape index (κ1) is 22.2. The van der Waals surface area contributed by atoms with Crippen LogP contribution in [0.2, 0.25) is 10.0 Å². The first-order valence-corrected chi connectivity index (χ1v) is 11.9. The minimum absolute atomic E-state index is 0.0680. The second kappa shape index (κ2) is 9.35. The summed E-state index contributed by atoms with van der Waals surface area (Å²) >= 11 is 12.5. The lowest BCUT2D eigenvalue weighted by atomic mass is 10.1. The maximum atomic E-state index is 12.7. The number of amides is 1. The molecular weight excluding hydrogens is 457 g/mol. The molecule has 0 radical (unpaired) electrons. The van der Waals surface area contributed by atoms with E-state index in [1.165, 1.54) is 0 Å². The third kappa shape index (κ3) is 4.59. The van der Waals surface area contributed by atoms with Crippen molar-refractivity contribution >= 4 is 50.9 Å². The number of halogens is 2. The summed E-state index contributed by atoms with van der Waals surface area (Å²) in [5.41, 5.74) is 2.76. The molecule has 1 fully saturated rings. The number of aliphatic hydroxyl groups excluding tert-OH is 1. The Morgan fingerprint density at radius 1 is 0.818 bits per heavy atom. The van der Waals surface area contributed by atoms with Gasteiger partial charge in [-0.25, -0.2) is 0 Å². The molecule has 1 atom stereocenters. The van der Waals surface area contributed by atoms with Gasteiger partial charge in [-0.15, -0.1) is 0 Å². The summed E-state index contributed by atoms with van der Waals surface area (Å²) in [4.78, 5) is 16.8. The van der Waals surface area contributed by atoms with Gasteiger partial charge in [0.15, 0.2) is 0 Å². The number of carbonyl (C=O) groups is 1. The van der Waals surface area contributed by atoms with E-state index in [4.69, 9.17) is 23.2 Å². The quantitative estimate of drug-likeness (QED) is 0.440. The number of benzene rings is 3. The predicted octanol–water partition coefficient (Wildman–Crippen LogP) is 4.92. The van der Waals surface area contributed by atoms with Crippen molar-refractivity contribution in [2.75, 3.05) is 32.7 Å². The summed E-state index contributed by atoms with van der Waals surface area (Å²) in [7, 11) is 0. The maximum absolute atomic E-state index is 12.7. The number of aromatic nitrogens is 1. The van der Waals surface area contributed by atoms with Crippen LogP contribution in [0.4, 0.5) is 0 Å². The fourth-order valence-corrected chi connectivity index (χ4v) is 5.05. The van der Waals surface area contributed by atoms with Gasteiger partial charge in [-0.3, -0.25) is 9.69 Å². The van der Waals surface area contributed by atoms with Gasteiger partial charge in [-0.2, -0.15) is 0 Å². The SMILES string of the molecule is O=C(c1ccccc1)N1CCN(C[C@H](O)Cn2c3ccc(Cl)cc3c3cc(Cl)ccc32)CC1. The topological polar surface area (TPSA) is 48.7 Å². The highest BCUT2D eigenvalue weighted by atomic mass is 35.5. The number of piperazine rings is 1. The van der Waals surface area contributed by atoms with Crippen LogP contribution in [0.3, 0.4) is 0 Å². The van der Waals surface area contributed by atoms with Crippen molar-refractivity contribution in [3.05, 3.63) is 82.3 Å². The molecule has 5 nitrogen and oxygen atoms in total. The zero-order chi connectivity index (χ0) is 22.9. The summed E-state index contributed by atoms with van der Waals surface area (Å²) in [6.45, 7) is 3.82. The van der Waals surface area contributed by atoms with Gasteiger partial charge < -0.3 is 14.6 Å². The van der Waals surface area contributed by atoms with Crippen molar-refractivity contribution in [3.63, 3.8) is 0 Å². The summed E-state index contributed by atoms with van der Waals surface area (Å²) in [6, 6.07) is 21.0. The van der Waals surface area contributed by atoms with Crippen LogP contribution in [0.5, 0.6) is 0 Å². The number of hydrogen-bond donors (Lipinski definition) is 1. The summed E-state index contributed by atoms with van der Waals surface area (Å²) in [6.07, 6.45) is -0.550. The molecule has 5 rings (SSSR count). The van der Waals surface area contributed by atoms with Crippen molar-refractivity contribution < 1.29 is 9.90 Å². The van der Waals surface area contributed by atoms with E-state index in [-0.39, 0.29) is 5.91 Å². The van der Waals surface area contributed by atoms with E-state index in [2.05, 4.69) is 9.47 Å². The molecule has 0 bridgehead atoms. The molecule has 1 aromatic heterocycles. The summed E-state index contributed by atoms with van der Waals surface area (Å²) in [5, 5.41) is 14.4. The van der Waals surface area contributed by atoms with E-state index >= 15 is 0 Å². The molecule has 2 heterocycles. The number of aliphatic hydroxyl groups is 1. The van der Waals surface area contributed by atoms with Crippen LogP contribution in [-0.4, -0.2) is 64.2 Å². The van der Waals surface area contributed by atoms with Crippen LogP contribution in [0, 0.1) is 0 Å². The lowest BCUT2D eigenvalue weighted by Crippen LogP contribution is -2.50. The highest BCUT2D eigenvalue weighted by Gasteiger charge is 2.24. The Bertz CT molecular complexity index is 1240. The molecule has 1 aliphatic rings. The lowest BCUT2D eigenvalue weighted by molar-refractivity contribution is 0.0503. The molecule has 3 aromatic carbocycles. The molecule has 0 aliphatic carbocycles. The Morgan fingerprint density at radius 2 is 1.39 bits per heavy atom. The fraction of sp³-hybridized carbons (Fsp3) is 0.269. The third-order valence-corrected chi connectivity index (χ3v) is 6.80. The smallest absolute Gasteiger partial charge is 0.253 e. The normalized spacial score (nSPS) is 15.9. The van der Waals surface area contributed by atoms with E-state index in [9.17, 15) is 9.90 Å². The lowest BCUT2D eigenvalue weighted by Gasteiger charge is -2.35. The molecule has 1 N–H and O–H groups in total. The summed E-state index contributed by atoms with van der Waals surface area (Å²) < 4.78 is 2.14. The number of nitrogens with zero attached hydrogens (tertiary/aromatic N) is 3. The van der Waals surface area contributed by atoms with Crippen LogP contribution < -0.4 is 0 Å². The van der Waals surface area contributed by atoms with Crippen molar-refractivity contribution in [1.29, 1.82) is 0 Å². The van der Waals surface area contributed by atoms with Crippen LogP contribution in [0.25, 0.3) is 21.8 Å². The fourth-order valence-electron chi connectivity index (χ4n) is 4.71. The van der Waals surface area contributed by atoms with Crippen LogP contribution in [0.1, 0.15) is 10.4 Å². The molecule has 4 aromatic rings. The Morgan fingerprint density at radius 3 is 1.97 bits per heavy atom. The molecule has 0 saturated carbocycles. The van der Waals surface area contributed by atoms with Gasteiger partial charge in [0, 0.05) is 70.1 Å². The van der Waals surface area contributed by atoms with Crippen molar-refractivity contribution in [2.24, 2.45) is 0 Å². The van der Waals surface area contributed by atoms with Gasteiger partial charge in [0.05, 0.1) is 12.6 Å². The van der Waals surface area contributed by atoms with Crippen molar-refractivity contribution in [1.82, 2.24) is 14.4 Å². The van der Waals surface area contributed by atoms with Crippen molar-refractivity contribution in [3.8, 4) is 0 Å². The van der Waals surface area contributed by atoms with E-state index in [0.717, 1.165) is 40.5 Å². The van der Waals surface area contributed by atoms with Gasteiger partial charge >= 0.3 is 0 Å². The monoisotopic (exact) mass is 481 g/mol. The molecule has 1 amide bonds. The van der Waals surface area contributed by atoms with Crippen LogP contribution in [-0.2, 0) is 6.54 Å². The average molecular weight is 482 g/mol. The van der Waals surface area contributed by atoms with Gasteiger partial charge in [-0.1, -0.05) is 41.4 Å². The minimum Gasteiger partial charge on any atom is -0.390 e. The van der Waals surface area contributed by atoms with E-state index in [0.29, 0.717) is 36.2 Å². The number of hydrogen-bond acceptors (Lipinski definition) is 3. The zero-order valence-electron chi connectivity index (χ0n) is 18.1. The van der Waals surface area contributed by atoms with Crippen molar-refractivity contribution in [2.45, 2.75) is 12.6 Å². The number of β-amino-alcohol motifs (C(OH)–C–C–N with tert-alkyl or cyclic N) is 1. The number of carbonyl (C=O) groups excluding carboxylic acids is 1. The minimum atomic E-state index is -0.550. The van der Waals surface area contributed by atoms with Crippen LogP contribution >= 0.6 is 23.2 Å². The average Bonchev–Trinajstić information content (AvgIpc) is 3.11. The molecule has 7 heteroatoms. The maximum Gasteiger partial charge on any atom is 0.253 e. The summed E-state index contributed by atoms with van der Waals surface area (Å²) in [5.74, 6) is 0.0680. The van der Waals surface area contributed by atoms with Gasteiger partial charge in [0.25, 0.3) is 5.91 Å². The first-order valence-electron chi connectivity index (χ1n) is 11.1. The Balaban J connectivity index is 1.27. The molecule has 1 saturated heterocycles. The third-order valence-electron chi connectivity index (χ3n) is 6.33. The molecule has 1 aliphatic heterocycles. The molecular formula is C26H25Cl2N3O2.